The van der Waals surface area contributed by atoms with Crippen LogP contribution in [0.4, 0.5) is 0 Å². The molecule has 1 aromatic carbocycles. The largest absolute Gasteiger partial charge is 0.388 e. The van der Waals surface area contributed by atoms with Gasteiger partial charge >= 0.3 is 0 Å². The Morgan fingerprint density at radius 2 is 1.25 bits per heavy atom. The first-order valence-corrected chi connectivity index (χ1v) is 8.11. The Morgan fingerprint density at radius 3 is 1.50 bits per heavy atom. The third-order valence-corrected chi connectivity index (χ3v) is 5.91. The van der Waals surface area contributed by atoms with Gasteiger partial charge in [0.2, 0.25) is 10.0 Å². The average molecular weight is 299 g/mol. The van der Waals surface area contributed by atoms with Crippen molar-refractivity contribution in [3.63, 3.8) is 0 Å². The fourth-order valence-electron chi connectivity index (χ4n) is 2.15. The maximum absolute atomic E-state index is 12.0. The minimum Gasteiger partial charge on any atom is -0.388 e. The van der Waals surface area contributed by atoms with Crippen molar-refractivity contribution in [3.05, 3.63) is 35.4 Å². The van der Waals surface area contributed by atoms with E-state index in [9.17, 15) is 13.5 Å². The molecule has 0 aliphatic rings. The van der Waals surface area contributed by atoms with Crippen molar-refractivity contribution in [2.24, 2.45) is 5.14 Å². The van der Waals surface area contributed by atoms with Crippen LogP contribution in [0.5, 0.6) is 0 Å². The quantitative estimate of drug-likeness (QED) is 0.898. The van der Waals surface area contributed by atoms with Crippen molar-refractivity contribution in [2.75, 3.05) is 0 Å². The van der Waals surface area contributed by atoms with Gasteiger partial charge in [0.1, 0.15) is 4.75 Å². The second-order valence-electron chi connectivity index (χ2n) is 6.96. The van der Waals surface area contributed by atoms with Crippen LogP contribution in [0, 0.1) is 0 Å². The lowest BCUT2D eigenvalue weighted by molar-refractivity contribution is 0.0373. The normalized spacial score (nSPS) is 16.8. The average Bonchev–Trinajstić information content (AvgIpc) is 2.24. The van der Waals surface area contributed by atoms with Gasteiger partial charge in [-0.1, -0.05) is 45.0 Å². The minimum absolute atomic E-state index is 0.0226. The van der Waals surface area contributed by atoms with E-state index in [0.717, 1.165) is 5.56 Å². The highest BCUT2D eigenvalue weighted by atomic mass is 32.2. The number of primary sulfonamides is 1. The van der Waals surface area contributed by atoms with Gasteiger partial charge in [-0.3, -0.25) is 0 Å². The van der Waals surface area contributed by atoms with Crippen LogP contribution in [0.3, 0.4) is 0 Å². The Balaban J connectivity index is 3.47. The van der Waals surface area contributed by atoms with E-state index in [4.69, 9.17) is 5.14 Å². The smallest absolute Gasteiger partial charge is 0.221 e. The molecule has 0 saturated carbocycles. The van der Waals surface area contributed by atoms with E-state index in [1.807, 2.05) is 12.1 Å². The van der Waals surface area contributed by atoms with Crippen molar-refractivity contribution in [2.45, 2.75) is 57.3 Å². The number of nitrogens with two attached hydrogens (primary N) is 1. The predicted octanol–water partition coefficient (Wildman–Crippen LogP) is 2.26. The summed E-state index contributed by atoms with van der Waals surface area (Å²) in [4.78, 5) is 0. The van der Waals surface area contributed by atoms with Gasteiger partial charge in [0.15, 0.2) is 0 Å². The number of hydrogen-bond acceptors (Lipinski definition) is 3. The molecule has 0 aliphatic heterocycles. The third-order valence-electron chi connectivity index (χ3n) is 4.04. The van der Waals surface area contributed by atoms with Crippen LogP contribution in [0.15, 0.2) is 24.3 Å². The van der Waals surface area contributed by atoms with Crippen LogP contribution in [-0.4, -0.2) is 19.1 Å². The number of benzene rings is 1. The highest BCUT2D eigenvalue weighted by molar-refractivity contribution is 7.90. The van der Waals surface area contributed by atoms with Crippen molar-refractivity contribution in [1.29, 1.82) is 0 Å². The zero-order chi connectivity index (χ0) is 16.0. The maximum atomic E-state index is 12.0. The minimum atomic E-state index is -3.97. The fraction of sp³-hybridized carbons (Fsp3) is 0.600. The molecule has 0 heterocycles. The molecule has 1 rings (SSSR count). The summed E-state index contributed by atoms with van der Waals surface area (Å²) in [6.07, 6.45) is 0. The fourth-order valence-corrected chi connectivity index (χ4v) is 3.31. The van der Waals surface area contributed by atoms with E-state index < -0.39 is 20.4 Å². The molecule has 1 atom stereocenters. The van der Waals surface area contributed by atoms with Crippen LogP contribution in [0.25, 0.3) is 0 Å². The highest BCUT2D eigenvalue weighted by Crippen LogP contribution is 2.39. The van der Waals surface area contributed by atoms with Crippen LogP contribution < -0.4 is 5.14 Å². The molecule has 0 spiro atoms. The summed E-state index contributed by atoms with van der Waals surface area (Å²) >= 11 is 0. The second-order valence-corrected chi connectivity index (χ2v) is 8.87. The van der Waals surface area contributed by atoms with Crippen LogP contribution in [-0.2, 0) is 20.2 Å². The van der Waals surface area contributed by atoms with Gasteiger partial charge in [-0.25, -0.2) is 13.6 Å². The first-order chi connectivity index (χ1) is 8.71. The standard InChI is InChI=1S/C15H25NO3S/c1-13(2,3)11-7-9-12(10-8-11)15(6,14(4,5)17)20(16,18)19/h7-10,17H,1-6H3,(H2,16,18,19). The second kappa shape index (κ2) is 4.83. The summed E-state index contributed by atoms with van der Waals surface area (Å²) in [6.45, 7) is 10.6. The summed E-state index contributed by atoms with van der Waals surface area (Å²) in [5.74, 6) is 0. The van der Waals surface area contributed by atoms with E-state index in [-0.39, 0.29) is 5.41 Å². The molecular weight excluding hydrogens is 274 g/mol. The van der Waals surface area contributed by atoms with Crippen LogP contribution in [0.1, 0.15) is 52.7 Å². The Hall–Kier alpha value is -0.910. The molecule has 0 fully saturated rings. The van der Waals surface area contributed by atoms with Crippen LogP contribution >= 0.6 is 0 Å². The lowest BCUT2D eigenvalue weighted by atomic mass is 9.82. The predicted molar refractivity (Wildman–Crippen MR) is 81.9 cm³/mol. The molecule has 1 aromatic rings. The molecular formula is C15H25NO3S. The number of hydrogen-bond donors (Lipinski definition) is 2. The molecule has 4 nitrogen and oxygen atoms in total. The van der Waals surface area contributed by atoms with Gasteiger partial charge in [-0.2, -0.15) is 0 Å². The monoisotopic (exact) mass is 299 g/mol. The van der Waals surface area contributed by atoms with E-state index in [0.29, 0.717) is 5.56 Å². The van der Waals surface area contributed by atoms with Crippen molar-refractivity contribution < 1.29 is 13.5 Å². The molecule has 5 heteroatoms. The first kappa shape index (κ1) is 17.1. The summed E-state index contributed by atoms with van der Waals surface area (Å²) in [5, 5.41) is 15.7. The molecule has 0 amide bonds. The molecule has 0 saturated heterocycles. The van der Waals surface area contributed by atoms with Gasteiger partial charge in [0.25, 0.3) is 0 Å². The maximum Gasteiger partial charge on any atom is 0.221 e. The topological polar surface area (TPSA) is 80.4 Å². The van der Waals surface area contributed by atoms with Gasteiger partial charge in [0.05, 0.1) is 5.60 Å². The van der Waals surface area contributed by atoms with E-state index in [1.165, 1.54) is 20.8 Å². The zero-order valence-electron chi connectivity index (χ0n) is 13.1. The van der Waals surface area contributed by atoms with Crippen molar-refractivity contribution >= 4 is 10.0 Å². The van der Waals surface area contributed by atoms with Crippen molar-refractivity contribution in [3.8, 4) is 0 Å². The molecule has 114 valence electrons. The van der Waals surface area contributed by atoms with Gasteiger partial charge in [-0.05, 0) is 37.3 Å². The molecule has 0 aromatic heterocycles. The lowest BCUT2D eigenvalue weighted by Gasteiger charge is -2.38. The SMILES string of the molecule is CC(C)(C)c1ccc(C(C)(C(C)(C)O)S(N)(=O)=O)cc1. The van der Waals surface area contributed by atoms with E-state index >= 15 is 0 Å². The molecule has 20 heavy (non-hydrogen) atoms. The van der Waals surface area contributed by atoms with E-state index in [2.05, 4.69) is 20.8 Å². The first-order valence-electron chi connectivity index (χ1n) is 6.57. The highest BCUT2D eigenvalue weighted by Gasteiger charge is 2.50. The molecule has 3 N–H and O–H groups in total. The summed E-state index contributed by atoms with van der Waals surface area (Å²) < 4.78 is 22.4. The van der Waals surface area contributed by atoms with Crippen molar-refractivity contribution in [1.82, 2.24) is 0 Å². The Bertz CT molecular complexity index is 577. The number of aliphatic hydroxyl groups is 1. The number of sulfonamides is 1. The van der Waals surface area contributed by atoms with E-state index in [1.54, 1.807) is 12.1 Å². The molecule has 0 bridgehead atoms. The molecule has 1 unspecified atom stereocenters. The van der Waals surface area contributed by atoms with Gasteiger partial charge in [0, 0.05) is 0 Å². The summed E-state index contributed by atoms with van der Waals surface area (Å²) in [6, 6.07) is 7.21. The molecule has 0 aliphatic carbocycles. The number of rotatable bonds is 3. The zero-order valence-corrected chi connectivity index (χ0v) is 13.9. The summed E-state index contributed by atoms with van der Waals surface area (Å²) in [5.41, 5.74) is 0.0593. The Labute approximate surface area is 122 Å². The van der Waals surface area contributed by atoms with Gasteiger partial charge in [-0.15, -0.1) is 0 Å². The van der Waals surface area contributed by atoms with Gasteiger partial charge < -0.3 is 5.11 Å². The van der Waals surface area contributed by atoms with Crippen LogP contribution in [0.2, 0.25) is 0 Å². The molecule has 0 radical (unpaired) electrons. The Morgan fingerprint density at radius 1 is 0.900 bits per heavy atom. The summed E-state index contributed by atoms with van der Waals surface area (Å²) in [7, 11) is -3.97. The Kier molecular flexibility index (Phi) is 4.14. The lowest BCUT2D eigenvalue weighted by Crippen LogP contribution is -2.53. The third kappa shape index (κ3) is 2.90.